The number of nitrogens with zero attached hydrogens (tertiary/aromatic N) is 1. The maximum Gasteiger partial charge on any atom is 0.270 e. The van der Waals surface area contributed by atoms with Crippen LogP contribution in [-0.4, -0.2) is 40.4 Å². The Morgan fingerprint density at radius 1 is 1.06 bits per heavy atom. The normalized spacial score (nSPS) is 12.4. The van der Waals surface area contributed by atoms with Crippen LogP contribution < -0.4 is 10.1 Å². The van der Waals surface area contributed by atoms with Crippen molar-refractivity contribution >= 4 is 22.5 Å². The molecule has 6 nitrogen and oxygen atoms in total. The van der Waals surface area contributed by atoms with Crippen molar-refractivity contribution in [1.29, 1.82) is 0 Å². The Labute approximate surface area is 200 Å². The molecule has 0 bridgehead atoms. The summed E-state index contributed by atoms with van der Waals surface area (Å²) in [6.45, 7) is 0.337. The van der Waals surface area contributed by atoms with Crippen LogP contribution in [0.1, 0.15) is 22.8 Å². The summed E-state index contributed by atoms with van der Waals surface area (Å²) in [5, 5.41) is 21.9. The first kappa shape index (κ1) is 24.3. The summed E-state index contributed by atoms with van der Waals surface area (Å²) in [5.74, 6) is -2.96. The van der Waals surface area contributed by atoms with Gasteiger partial charge in [0.25, 0.3) is 11.8 Å². The number of para-hydroxylation sites is 1. The predicted molar refractivity (Wildman–Crippen MR) is 130 cm³/mol. The number of halogens is 2. The average Bonchev–Trinajstić information content (AvgIpc) is 2.86. The van der Waals surface area contributed by atoms with Crippen LogP contribution in [0, 0.1) is 0 Å². The van der Waals surface area contributed by atoms with Gasteiger partial charge < -0.3 is 20.3 Å². The molecule has 0 aliphatic heterocycles. The molecule has 3 N–H and O–H groups in total. The Kier molecular flexibility index (Phi) is 7.04. The van der Waals surface area contributed by atoms with Crippen LogP contribution >= 0.6 is 0 Å². The number of fused-ring (bicyclic) bond motifs is 1. The highest BCUT2D eigenvalue weighted by Gasteiger charge is 2.24. The van der Waals surface area contributed by atoms with Gasteiger partial charge in [-0.25, -0.2) is 13.8 Å². The number of ether oxygens (including phenoxy) is 1. The molecule has 1 amide bonds. The number of carbonyl (C=O) groups excluding carboxylic acids is 1. The summed E-state index contributed by atoms with van der Waals surface area (Å²) in [7, 11) is 0. The quantitative estimate of drug-likeness (QED) is 0.332. The number of amides is 1. The van der Waals surface area contributed by atoms with Crippen molar-refractivity contribution in [2.75, 3.05) is 18.5 Å². The van der Waals surface area contributed by atoms with Crippen molar-refractivity contribution < 1.29 is 28.5 Å². The van der Waals surface area contributed by atoms with Gasteiger partial charge in [-0.15, -0.1) is 0 Å². The minimum atomic E-state index is -2.98. The number of benzene rings is 3. The van der Waals surface area contributed by atoms with E-state index >= 15 is 0 Å². The molecule has 0 aliphatic carbocycles. The highest BCUT2D eigenvalue weighted by molar-refractivity contribution is 6.12. The first-order valence-corrected chi connectivity index (χ1v) is 11.0. The van der Waals surface area contributed by atoms with Crippen molar-refractivity contribution in [2.24, 2.45) is 0 Å². The molecule has 0 fully saturated rings. The first-order valence-electron chi connectivity index (χ1n) is 11.0. The minimum Gasteiger partial charge on any atom is -0.491 e. The highest BCUT2D eigenvalue weighted by Crippen LogP contribution is 2.31. The number of aliphatic hydroxyl groups is 2. The molecule has 3 aromatic carbocycles. The van der Waals surface area contributed by atoms with Gasteiger partial charge in [-0.1, -0.05) is 42.5 Å². The lowest BCUT2D eigenvalue weighted by atomic mass is 10.0. The molecule has 1 aromatic heterocycles. The third-order valence-electron chi connectivity index (χ3n) is 5.38. The standard InChI is InChI=1S/C27H24F2N2O4/c1-27(28,29)19-7-2-6-18(13-19)24-12-11-17-5-3-10-23(25(17)31-24)26(34)30-20-8-4-9-22(14-20)35-16-21(33)15-32/h2-14,21,32-33H,15-16H2,1H3,(H,30,34)/t21-/m1/s1. The number of pyridine rings is 1. The Morgan fingerprint density at radius 2 is 1.83 bits per heavy atom. The van der Waals surface area contributed by atoms with E-state index in [1.807, 2.05) is 6.07 Å². The zero-order valence-corrected chi connectivity index (χ0v) is 18.9. The number of anilines is 1. The molecule has 8 heteroatoms. The van der Waals surface area contributed by atoms with Gasteiger partial charge in [0, 0.05) is 35.2 Å². The molecular weight excluding hydrogens is 454 g/mol. The molecule has 1 heterocycles. The Morgan fingerprint density at radius 3 is 2.60 bits per heavy atom. The fraction of sp³-hybridized carbons (Fsp3) is 0.185. The van der Waals surface area contributed by atoms with E-state index < -0.39 is 24.5 Å². The number of alkyl halides is 2. The lowest BCUT2D eigenvalue weighted by Crippen LogP contribution is -2.21. The van der Waals surface area contributed by atoms with Gasteiger partial charge in [-0.2, -0.15) is 0 Å². The van der Waals surface area contributed by atoms with Crippen molar-refractivity contribution in [3.05, 3.63) is 90.0 Å². The Bertz CT molecular complexity index is 1350. The maximum atomic E-state index is 13.8. The molecule has 4 aromatic rings. The second-order valence-electron chi connectivity index (χ2n) is 8.17. The molecule has 0 saturated carbocycles. The number of hydrogen-bond donors (Lipinski definition) is 3. The smallest absolute Gasteiger partial charge is 0.270 e. The lowest BCUT2D eigenvalue weighted by Gasteiger charge is -2.13. The van der Waals surface area contributed by atoms with E-state index in [9.17, 15) is 18.7 Å². The monoisotopic (exact) mass is 478 g/mol. The maximum absolute atomic E-state index is 13.8. The Balaban J connectivity index is 1.62. The van der Waals surface area contributed by atoms with E-state index in [2.05, 4.69) is 10.3 Å². The van der Waals surface area contributed by atoms with Crippen LogP contribution in [0.2, 0.25) is 0 Å². The molecule has 1 atom stereocenters. The van der Waals surface area contributed by atoms with Crippen molar-refractivity contribution in [3.63, 3.8) is 0 Å². The summed E-state index contributed by atoms with van der Waals surface area (Å²) in [4.78, 5) is 17.7. The van der Waals surface area contributed by atoms with E-state index in [1.54, 1.807) is 60.7 Å². The van der Waals surface area contributed by atoms with E-state index in [-0.39, 0.29) is 12.2 Å². The summed E-state index contributed by atoms with van der Waals surface area (Å²) < 4.78 is 33.0. The van der Waals surface area contributed by atoms with Gasteiger partial charge in [-0.05, 0) is 30.3 Å². The van der Waals surface area contributed by atoms with Crippen LogP contribution in [0.4, 0.5) is 14.5 Å². The third-order valence-corrected chi connectivity index (χ3v) is 5.38. The number of nitrogens with one attached hydrogen (secondary N) is 1. The number of aliphatic hydroxyl groups excluding tert-OH is 2. The predicted octanol–water partition coefficient (Wildman–Crippen LogP) is 5.00. The molecular formula is C27H24F2N2O4. The SMILES string of the molecule is CC(F)(F)c1cccc(-c2ccc3cccc(C(=O)Nc4cccc(OC[C@H](O)CO)c4)c3n2)c1. The number of hydrogen-bond acceptors (Lipinski definition) is 5. The largest absolute Gasteiger partial charge is 0.491 e. The van der Waals surface area contributed by atoms with Crippen molar-refractivity contribution in [2.45, 2.75) is 19.0 Å². The topological polar surface area (TPSA) is 91.7 Å². The second-order valence-corrected chi connectivity index (χ2v) is 8.17. The molecule has 4 rings (SSSR count). The van der Waals surface area contributed by atoms with Gasteiger partial charge in [0.2, 0.25) is 0 Å². The van der Waals surface area contributed by atoms with Gasteiger partial charge in [0.15, 0.2) is 0 Å². The van der Waals surface area contributed by atoms with Gasteiger partial charge in [0.05, 0.1) is 23.4 Å². The van der Waals surface area contributed by atoms with E-state index in [1.165, 1.54) is 12.1 Å². The summed E-state index contributed by atoms with van der Waals surface area (Å²) in [5.41, 5.74) is 2.12. The molecule has 0 aliphatic rings. The van der Waals surface area contributed by atoms with Gasteiger partial charge in [-0.3, -0.25) is 4.79 Å². The molecule has 0 unspecified atom stereocenters. The number of carbonyl (C=O) groups is 1. The zero-order valence-electron chi connectivity index (χ0n) is 18.9. The van der Waals surface area contributed by atoms with Crippen molar-refractivity contribution in [1.82, 2.24) is 4.98 Å². The third kappa shape index (κ3) is 5.79. The molecule has 0 spiro atoms. The van der Waals surface area contributed by atoms with Gasteiger partial charge in [0.1, 0.15) is 18.5 Å². The van der Waals surface area contributed by atoms with Crippen LogP contribution in [-0.2, 0) is 5.92 Å². The van der Waals surface area contributed by atoms with Crippen LogP contribution in [0.15, 0.2) is 78.9 Å². The fourth-order valence-corrected chi connectivity index (χ4v) is 3.55. The summed E-state index contributed by atoms with van der Waals surface area (Å²) in [6.07, 6.45) is -1.01. The van der Waals surface area contributed by atoms with E-state index in [0.29, 0.717) is 33.8 Å². The molecule has 0 saturated heterocycles. The highest BCUT2D eigenvalue weighted by atomic mass is 19.3. The Hall–Kier alpha value is -3.88. The fourth-order valence-electron chi connectivity index (χ4n) is 3.55. The van der Waals surface area contributed by atoms with E-state index in [4.69, 9.17) is 9.84 Å². The summed E-state index contributed by atoms with van der Waals surface area (Å²) in [6, 6.07) is 21.4. The number of rotatable bonds is 8. The van der Waals surface area contributed by atoms with Crippen LogP contribution in [0.3, 0.4) is 0 Å². The van der Waals surface area contributed by atoms with E-state index in [0.717, 1.165) is 12.3 Å². The minimum absolute atomic E-state index is 0.0882. The summed E-state index contributed by atoms with van der Waals surface area (Å²) >= 11 is 0. The average molecular weight is 478 g/mol. The molecule has 35 heavy (non-hydrogen) atoms. The van der Waals surface area contributed by atoms with Crippen LogP contribution in [0.25, 0.3) is 22.2 Å². The first-order chi connectivity index (χ1) is 16.7. The number of aromatic nitrogens is 1. The zero-order chi connectivity index (χ0) is 25.0. The van der Waals surface area contributed by atoms with Crippen molar-refractivity contribution in [3.8, 4) is 17.0 Å². The molecule has 0 radical (unpaired) electrons. The molecule has 180 valence electrons. The van der Waals surface area contributed by atoms with Crippen LogP contribution in [0.5, 0.6) is 5.75 Å². The lowest BCUT2D eigenvalue weighted by molar-refractivity contribution is 0.0175. The van der Waals surface area contributed by atoms with Gasteiger partial charge >= 0.3 is 0 Å². The second kappa shape index (κ2) is 10.2.